The van der Waals surface area contributed by atoms with E-state index < -0.39 is 0 Å². The number of hydrogen-bond acceptors (Lipinski definition) is 6. The molecule has 3 rings (SSSR count). The monoisotopic (exact) mass is 490 g/mol. The number of thiazole rings is 1. The van der Waals surface area contributed by atoms with E-state index in [9.17, 15) is 4.79 Å². The van der Waals surface area contributed by atoms with Crippen LogP contribution in [0.25, 0.3) is 10.6 Å². The molecular weight excluding hydrogens is 468 g/mol. The number of nitrogens with zero attached hydrogens (tertiary/aromatic N) is 2. The van der Waals surface area contributed by atoms with Crippen LogP contribution in [0.5, 0.6) is 17.2 Å². The van der Waals surface area contributed by atoms with Gasteiger partial charge in [-0.05, 0) is 43.3 Å². The van der Waals surface area contributed by atoms with Gasteiger partial charge in [-0.2, -0.15) is 0 Å². The van der Waals surface area contributed by atoms with E-state index in [1.807, 2.05) is 43.3 Å². The van der Waals surface area contributed by atoms with Crippen LogP contribution in [0, 0.1) is 6.92 Å². The van der Waals surface area contributed by atoms with Crippen molar-refractivity contribution in [3.05, 3.63) is 57.0 Å². The van der Waals surface area contributed by atoms with Crippen LogP contribution in [-0.2, 0) is 6.54 Å². The van der Waals surface area contributed by atoms with Crippen LogP contribution in [0.3, 0.4) is 0 Å². The van der Waals surface area contributed by atoms with Gasteiger partial charge in [0.05, 0.1) is 27.0 Å². The Labute approximate surface area is 188 Å². The highest BCUT2D eigenvalue weighted by Crippen LogP contribution is 2.35. The van der Waals surface area contributed by atoms with Crippen molar-refractivity contribution in [3.63, 3.8) is 0 Å². The maximum Gasteiger partial charge on any atom is 0.265 e. The van der Waals surface area contributed by atoms with Gasteiger partial charge in [0.1, 0.15) is 15.6 Å². The topological polar surface area (TPSA) is 60.9 Å². The first kappa shape index (κ1) is 22.1. The number of hydrogen-bond donors (Lipinski definition) is 0. The summed E-state index contributed by atoms with van der Waals surface area (Å²) in [7, 11) is 6.59. The molecule has 0 atom stereocenters. The molecular formula is C22H23BrN2O4S. The van der Waals surface area contributed by atoms with Crippen molar-refractivity contribution in [2.45, 2.75) is 13.5 Å². The quantitative estimate of drug-likeness (QED) is 0.456. The minimum atomic E-state index is -0.0845. The summed E-state index contributed by atoms with van der Waals surface area (Å²) in [6.07, 6.45) is 0. The average molecular weight is 491 g/mol. The molecule has 8 heteroatoms. The molecule has 1 heterocycles. The summed E-state index contributed by atoms with van der Waals surface area (Å²) in [4.78, 5) is 20.0. The van der Waals surface area contributed by atoms with Gasteiger partial charge in [-0.25, -0.2) is 4.98 Å². The van der Waals surface area contributed by atoms with Crippen LogP contribution in [0.4, 0.5) is 0 Å². The largest absolute Gasteiger partial charge is 0.496 e. The number of amides is 1. The second kappa shape index (κ2) is 9.49. The molecule has 0 spiro atoms. The second-order valence-corrected chi connectivity index (χ2v) is 8.54. The van der Waals surface area contributed by atoms with Crippen molar-refractivity contribution in [1.29, 1.82) is 0 Å². The summed E-state index contributed by atoms with van der Waals surface area (Å²) >= 11 is 4.84. The van der Waals surface area contributed by atoms with E-state index in [-0.39, 0.29) is 5.91 Å². The van der Waals surface area contributed by atoms with Crippen LogP contribution in [0.1, 0.15) is 20.9 Å². The average Bonchev–Trinajstić information content (AvgIpc) is 3.14. The molecule has 1 aromatic heterocycles. The molecule has 158 valence electrons. The maximum absolute atomic E-state index is 13.1. The van der Waals surface area contributed by atoms with Crippen molar-refractivity contribution in [2.75, 3.05) is 28.4 Å². The molecule has 0 aliphatic heterocycles. The van der Waals surface area contributed by atoms with Gasteiger partial charge < -0.3 is 19.1 Å². The van der Waals surface area contributed by atoms with Crippen LogP contribution in [-0.4, -0.2) is 44.2 Å². The Morgan fingerprint density at radius 1 is 1.03 bits per heavy atom. The highest BCUT2D eigenvalue weighted by molar-refractivity contribution is 9.10. The minimum absolute atomic E-state index is 0.0845. The number of ether oxygens (including phenoxy) is 3. The van der Waals surface area contributed by atoms with Crippen LogP contribution >= 0.6 is 27.3 Å². The molecule has 0 fully saturated rings. The lowest BCUT2D eigenvalue weighted by atomic mass is 10.2. The first-order valence-electron chi connectivity index (χ1n) is 9.15. The summed E-state index contributed by atoms with van der Waals surface area (Å²) in [5.41, 5.74) is 2.49. The first-order valence-corrected chi connectivity index (χ1v) is 10.8. The Balaban J connectivity index is 1.86. The van der Waals surface area contributed by atoms with E-state index in [2.05, 4.69) is 20.9 Å². The number of benzene rings is 2. The summed E-state index contributed by atoms with van der Waals surface area (Å²) < 4.78 is 17.0. The standard InChI is InChI=1S/C22H23BrN2O4S/c1-13-20(22(26)25(2)12-15-10-16(23)7-9-17(15)27-3)30-21(24-13)14-6-8-18(28-4)19(11-14)29-5/h6-11H,12H2,1-5H3. The van der Waals surface area contributed by atoms with Crippen molar-refractivity contribution in [3.8, 4) is 27.8 Å². The second-order valence-electron chi connectivity index (χ2n) is 6.62. The minimum Gasteiger partial charge on any atom is -0.496 e. The Hall–Kier alpha value is -2.58. The first-order chi connectivity index (χ1) is 14.4. The Morgan fingerprint density at radius 3 is 2.37 bits per heavy atom. The summed E-state index contributed by atoms with van der Waals surface area (Å²) in [5.74, 6) is 1.92. The highest BCUT2D eigenvalue weighted by atomic mass is 79.9. The van der Waals surface area contributed by atoms with E-state index in [1.54, 1.807) is 33.3 Å². The number of aromatic nitrogens is 1. The molecule has 0 unspecified atom stereocenters. The fourth-order valence-corrected chi connectivity index (χ4v) is 4.52. The van der Waals surface area contributed by atoms with Crippen LogP contribution in [0.2, 0.25) is 0 Å². The molecule has 0 radical (unpaired) electrons. The van der Waals surface area contributed by atoms with E-state index in [0.29, 0.717) is 28.6 Å². The van der Waals surface area contributed by atoms with E-state index >= 15 is 0 Å². The summed E-state index contributed by atoms with van der Waals surface area (Å²) in [6, 6.07) is 11.3. The van der Waals surface area contributed by atoms with Gasteiger partial charge in [-0.1, -0.05) is 15.9 Å². The third kappa shape index (κ3) is 4.60. The van der Waals surface area contributed by atoms with Gasteiger partial charge in [-0.3, -0.25) is 4.79 Å². The summed E-state index contributed by atoms with van der Waals surface area (Å²) in [6.45, 7) is 2.27. The van der Waals surface area contributed by atoms with Gasteiger partial charge in [0.2, 0.25) is 0 Å². The van der Waals surface area contributed by atoms with Gasteiger partial charge in [-0.15, -0.1) is 11.3 Å². The van der Waals surface area contributed by atoms with Crippen molar-refractivity contribution < 1.29 is 19.0 Å². The van der Waals surface area contributed by atoms with Crippen LogP contribution in [0.15, 0.2) is 40.9 Å². The lowest BCUT2D eigenvalue weighted by Gasteiger charge is -2.18. The number of rotatable bonds is 7. The fourth-order valence-electron chi connectivity index (χ4n) is 3.06. The Bertz CT molecular complexity index is 1070. The lowest BCUT2D eigenvalue weighted by molar-refractivity contribution is 0.0788. The van der Waals surface area contributed by atoms with E-state index in [1.165, 1.54) is 11.3 Å². The zero-order chi connectivity index (χ0) is 21.8. The van der Waals surface area contributed by atoms with Crippen LogP contribution < -0.4 is 14.2 Å². The van der Waals surface area contributed by atoms with Crippen molar-refractivity contribution in [2.24, 2.45) is 0 Å². The van der Waals surface area contributed by atoms with Gasteiger partial charge >= 0.3 is 0 Å². The predicted molar refractivity (Wildman–Crippen MR) is 122 cm³/mol. The SMILES string of the molecule is COc1ccc(Br)cc1CN(C)C(=O)c1sc(-c2ccc(OC)c(OC)c2)nc1C. The molecule has 0 N–H and O–H groups in total. The number of aryl methyl sites for hydroxylation is 1. The van der Waals surface area contributed by atoms with E-state index in [4.69, 9.17) is 14.2 Å². The van der Waals surface area contributed by atoms with Gasteiger partial charge in [0, 0.05) is 29.2 Å². The van der Waals surface area contributed by atoms with Crippen molar-refractivity contribution >= 4 is 33.2 Å². The normalized spacial score (nSPS) is 10.6. The van der Waals surface area contributed by atoms with Crippen molar-refractivity contribution in [1.82, 2.24) is 9.88 Å². The molecule has 0 saturated heterocycles. The molecule has 0 bridgehead atoms. The fraction of sp³-hybridized carbons (Fsp3) is 0.273. The molecule has 1 amide bonds. The maximum atomic E-state index is 13.1. The number of halogens is 1. The molecule has 0 aliphatic carbocycles. The third-order valence-electron chi connectivity index (χ3n) is 4.62. The molecule has 0 aliphatic rings. The lowest BCUT2D eigenvalue weighted by Crippen LogP contribution is -2.26. The molecule has 3 aromatic rings. The van der Waals surface area contributed by atoms with Gasteiger partial charge in [0.25, 0.3) is 5.91 Å². The van der Waals surface area contributed by atoms with Gasteiger partial charge in [0.15, 0.2) is 11.5 Å². The zero-order valence-corrected chi connectivity index (χ0v) is 19.9. The molecule has 0 saturated carbocycles. The smallest absolute Gasteiger partial charge is 0.265 e. The molecule has 30 heavy (non-hydrogen) atoms. The van der Waals surface area contributed by atoms with E-state index in [0.717, 1.165) is 26.4 Å². The summed E-state index contributed by atoms with van der Waals surface area (Å²) in [5, 5.41) is 0.755. The number of carbonyl (C=O) groups excluding carboxylic acids is 1. The molecule has 2 aromatic carbocycles. The number of carbonyl (C=O) groups is 1. The Kier molecular flexibility index (Phi) is 6.99. The highest BCUT2D eigenvalue weighted by Gasteiger charge is 2.21. The zero-order valence-electron chi connectivity index (χ0n) is 17.5. The molecule has 6 nitrogen and oxygen atoms in total. The number of methoxy groups -OCH3 is 3. The third-order valence-corrected chi connectivity index (χ3v) is 6.31. The Morgan fingerprint density at radius 2 is 1.70 bits per heavy atom. The predicted octanol–water partition coefficient (Wildman–Crippen LogP) is 5.18.